The highest BCUT2D eigenvalue weighted by molar-refractivity contribution is 7.98. The molecule has 2 atom stereocenters. The zero-order chi connectivity index (χ0) is 13.0. The summed E-state index contributed by atoms with van der Waals surface area (Å²) >= 11 is 7.54. The molecule has 0 aliphatic heterocycles. The summed E-state index contributed by atoms with van der Waals surface area (Å²) in [6.07, 6.45) is 5.32. The Morgan fingerprint density at radius 1 is 1.44 bits per heavy atom. The minimum atomic E-state index is 0.0296. The fraction of sp³-hybridized carbons (Fsp3) is 0.500. The summed E-state index contributed by atoms with van der Waals surface area (Å²) in [6.45, 7) is 0. The summed E-state index contributed by atoms with van der Waals surface area (Å²) in [5.74, 6) is 1.09. The van der Waals surface area contributed by atoms with E-state index >= 15 is 0 Å². The molecule has 1 amide bonds. The van der Waals surface area contributed by atoms with Gasteiger partial charge in [0, 0.05) is 16.8 Å². The zero-order valence-electron chi connectivity index (χ0n) is 10.5. The van der Waals surface area contributed by atoms with Crippen molar-refractivity contribution >= 4 is 29.3 Å². The van der Waals surface area contributed by atoms with E-state index in [1.807, 2.05) is 30.5 Å². The van der Waals surface area contributed by atoms with Crippen LogP contribution in [0.4, 0.5) is 0 Å². The van der Waals surface area contributed by atoms with Crippen molar-refractivity contribution in [2.75, 3.05) is 12.1 Å². The van der Waals surface area contributed by atoms with Gasteiger partial charge in [-0.25, -0.2) is 0 Å². The van der Waals surface area contributed by atoms with Crippen molar-refractivity contribution in [2.24, 2.45) is 5.92 Å². The molecule has 0 radical (unpaired) electrons. The summed E-state index contributed by atoms with van der Waals surface area (Å²) in [5, 5.41) is 3.13. The summed E-state index contributed by atoms with van der Waals surface area (Å²) in [4.78, 5) is 13.3. The monoisotopic (exact) mass is 283 g/mol. The molecule has 4 heteroatoms. The van der Waals surface area contributed by atoms with E-state index in [0.29, 0.717) is 11.8 Å². The fourth-order valence-corrected chi connectivity index (χ4v) is 3.45. The van der Waals surface area contributed by atoms with Crippen molar-refractivity contribution in [1.29, 1.82) is 0 Å². The highest BCUT2D eigenvalue weighted by Gasteiger charge is 2.28. The van der Waals surface area contributed by atoms with Crippen molar-refractivity contribution in [3.05, 3.63) is 29.8 Å². The highest BCUT2D eigenvalue weighted by Crippen LogP contribution is 2.27. The van der Waals surface area contributed by atoms with Gasteiger partial charge < -0.3 is 5.32 Å². The van der Waals surface area contributed by atoms with Crippen LogP contribution in [0.25, 0.3) is 0 Å². The molecule has 1 aromatic rings. The number of benzene rings is 1. The van der Waals surface area contributed by atoms with E-state index in [1.165, 1.54) is 0 Å². The number of nitrogens with one attached hydrogen (secondary N) is 1. The molecule has 0 heterocycles. The third-order valence-corrected chi connectivity index (χ3v) is 4.72. The molecule has 0 aromatic heterocycles. The van der Waals surface area contributed by atoms with E-state index in [0.717, 1.165) is 29.7 Å². The third-order valence-electron chi connectivity index (χ3n) is 3.53. The minimum absolute atomic E-state index is 0.0296. The molecule has 0 bridgehead atoms. The Labute approximate surface area is 117 Å². The van der Waals surface area contributed by atoms with Gasteiger partial charge >= 0.3 is 0 Å². The number of alkyl halides is 1. The molecule has 2 unspecified atom stereocenters. The van der Waals surface area contributed by atoms with Crippen molar-refractivity contribution < 1.29 is 4.79 Å². The number of amides is 1. The van der Waals surface area contributed by atoms with Gasteiger partial charge in [-0.1, -0.05) is 18.6 Å². The van der Waals surface area contributed by atoms with Gasteiger partial charge in [0.15, 0.2) is 0 Å². The standard InChI is InChI=1S/C14H18ClNOS/c1-18-13-8-3-2-6-11(13)14(17)16-12-7-4-5-10(12)9-15/h2-3,6,8,10,12H,4-5,7,9H2,1H3,(H,16,17). The molecular formula is C14H18ClNOS. The smallest absolute Gasteiger partial charge is 0.252 e. The Morgan fingerprint density at radius 2 is 2.22 bits per heavy atom. The van der Waals surface area contributed by atoms with E-state index in [-0.39, 0.29) is 11.9 Å². The van der Waals surface area contributed by atoms with Crippen LogP contribution < -0.4 is 5.32 Å². The van der Waals surface area contributed by atoms with Crippen molar-refractivity contribution in [2.45, 2.75) is 30.2 Å². The number of hydrogen-bond donors (Lipinski definition) is 1. The van der Waals surface area contributed by atoms with E-state index in [2.05, 4.69) is 5.32 Å². The summed E-state index contributed by atoms with van der Waals surface area (Å²) < 4.78 is 0. The first-order valence-electron chi connectivity index (χ1n) is 6.26. The normalized spacial score (nSPS) is 23.0. The van der Waals surface area contributed by atoms with Crippen LogP contribution in [0.1, 0.15) is 29.6 Å². The lowest BCUT2D eigenvalue weighted by atomic mass is 10.1. The van der Waals surface area contributed by atoms with Gasteiger partial charge in [-0.05, 0) is 37.1 Å². The van der Waals surface area contributed by atoms with Gasteiger partial charge in [0.1, 0.15) is 0 Å². The molecule has 18 heavy (non-hydrogen) atoms. The van der Waals surface area contributed by atoms with Gasteiger partial charge in [-0.15, -0.1) is 23.4 Å². The number of hydrogen-bond acceptors (Lipinski definition) is 2. The fourth-order valence-electron chi connectivity index (χ4n) is 2.49. The second kappa shape index (κ2) is 6.48. The Kier molecular flexibility index (Phi) is 4.95. The molecular weight excluding hydrogens is 266 g/mol. The van der Waals surface area contributed by atoms with E-state index in [9.17, 15) is 4.79 Å². The van der Waals surface area contributed by atoms with Gasteiger partial charge in [0.2, 0.25) is 0 Å². The lowest BCUT2D eigenvalue weighted by molar-refractivity contribution is 0.0927. The maximum Gasteiger partial charge on any atom is 0.252 e. The molecule has 2 rings (SSSR count). The molecule has 1 aliphatic rings. The van der Waals surface area contributed by atoms with Crippen LogP contribution in [0, 0.1) is 5.92 Å². The Bertz CT molecular complexity index is 424. The maximum absolute atomic E-state index is 12.3. The van der Waals surface area contributed by atoms with Crippen molar-refractivity contribution in [3.8, 4) is 0 Å². The van der Waals surface area contributed by atoms with Crippen LogP contribution in [-0.2, 0) is 0 Å². The van der Waals surface area contributed by atoms with Gasteiger partial charge in [-0.2, -0.15) is 0 Å². The number of halogens is 1. The zero-order valence-corrected chi connectivity index (χ0v) is 12.1. The second-order valence-corrected chi connectivity index (χ2v) is 5.78. The molecule has 1 aromatic carbocycles. The van der Waals surface area contributed by atoms with Crippen LogP contribution in [0.5, 0.6) is 0 Å². The number of carbonyl (C=O) groups excluding carboxylic acids is 1. The summed E-state index contributed by atoms with van der Waals surface area (Å²) in [5.41, 5.74) is 0.769. The van der Waals surface area contributed by atoms with Crippen LogP contribution in [0.15, 0.2) is 29.2 Å². The number of rotatable bonds is 4. The first-order valence-corrected chi connectivity index (χ1v) is 8.02. The second-order valence-electron chi connectivity index (χ2n) is 4.63. The van der Waals surface area contributed by atoms with E-state index < -0.39 is 0 Å². The Morgan fingerprint density at radius 3 is 2.94 bits per heavy atom. The predicted octanol–water partition coefficient (Wildman–Crippen LogP) is 3.55. The molecule has 1 N–H and O–H groups in total. The largest absolute Gasteiger partial charge is 0.349 e. The number of thioether (sulfide) groups is 1. The first kappa shape index (κ1) is 13.8. The Hall–Kier alpha value is -0.670. The molecule has 0 saturated heterocycles. The average Bonchev–Trinajstić information content (AvgIpc) is 2.85. The quantitative estimate of drug-likeness (QED) is 0.676. The van der Waals surface area contributed by atoms with Gasteiger partial charge in [0.05, 0.1) is 5.56 Å². The molecule has 98 valence electrons. The molecule has 1 saturated carbocycles. The molecule has 1 fully saturated rings. The number of carbonyl (C=O) groups is 1. The lowest BCUT2D eigenvalue weighted by Gasteiger charge is -2.19. The lowest BCUT2D eigenvalue weighted by Crippen LogP contribution is -2.38. The van der Waals surface area contributed by atoms with E-state index in [1.54, 1.807) is 11.8 Å². The topological polar surface area (TPSA) is 29.1 Å². The van der Waals surface area contributed by atoms with Crippen molar-refractivity contribution in [1.82, 2.24) is 5.32 Å². The summed E-state index contributed by atoms with van der Waals surface area (Å²) in [6, 6.07) is 7.96. The van der Waals surface area contributed by atoms with Crippen LogP contribution in [-0.4, -0.2) is 24.1 Å². The van der Waals surface area contributed by atoms with Gasteiger partial charge in [-0.3, -0.25) is 4.79 Å². The third kappa shape index (κ3) is 3.01. The average molecular weight is 284 g/mol. The SMILES string of the molecule is CSc1ccccc1C(=O)NC1CCCC1CCl. The molecule has 1 aliphatic carbocycles. The minimum Gasteiger partial charge on any atom is -0.349 e. The molecule has 0 spiro atoms. The maximum atomic E-state index is 12.3. The van der Waals surface area contributed by atoms with Gasteiger partial charge in [0.25, 0.3) is 5.91 Å². The van der Waals surface area contributed by atoms with E-state index in [4.69, 9.17) is 11.6 Å². The summed E-state index contributed by atoms with van der Waals surface area (Å²) in [7, 11) is 0. The first-order chi connectivity index (χ1) is 8.76. The van der Waals surface area contributed by atoms with Crippen LogP contribution in [0.3, 0.4) is 0 Å². The van der Waals surface area contributed by atoms with Crippen LogP contribution in [0.2, 0.25) is 0 Å². The van der Waals surface area contributed by atoms with Crippen LogP contribution >= 0.6 is 23.4 Å². The molecule has 2 nitrogen and oxygen atoms in total. The van der Waals surface area contributed by atoms with Crippen molar-refractivity contribution in [3.63, 3.8) is 0 Å². The Balaban J connectivity index is 2.07. The predicted molar refractivity (Wildman–Crippen MR) is 77.5 cm³/mol. The highest BCUT2D eigenvalue weighted by atomic mass is 35.5.